The number of nitrogens with zero attached hydrogens (tertiary/aromatic N) is 6. The number of nitrogens with two attached hydrogens (primary N) is 1. The summed E-state index contributed by atoms with van der Waals surface area (Å²) in [7, 11) is 2.20. The molecule has 1 spiro atoms. The molecule has 10 nitrogen and oxygen atoms in total. The van der Waals surface area contributed by atoms with Gasteiger partial charge in [-0.15, -0.1) is 0 Å². The predicted octanol–water partition coefficient (Wildman–Crippen LogP) is -0.802. The van der Waals surface area contributed by atoms with Crippen LogP contribution in [0.4, 0.5) is 5.82 Å². The van der Waals surface area contributed by atoms with Crippen molar-refractivity contribution >= 4 is 17.0 Å². The highest BCUT2D eigenvalue weighted by atomic mass is 16.6. The first-order valence-electron chi connectivity index (χ1n) is 9.87. The maximum Gasteiger partial charge on any atom is 0.167 e. The Balaban J connectivity index is 1.32. The largest absolute Gasteiger partial charge is 0.387 e. The second-order valence-electron chi connectivity index (χ2n) is 8.36. The van der Waals surface area contributed by atoms with Gasteiger partial charge in [0.2, 0.25) is 0 Å². The van der Waals surface area contributed by atoms with Crippen molar-refractivity contribution in [3.63, 3.8) is 0 Å². The number of aromatic nitrogens is 4. The zero-order valence-corrected chi connectivity index (χ0v) is 16.0. The molecule has 5 heterocycles. The Kier molecular flexibility index (Phi) is 4.29. The van der Waals surface area contributed by atoms with E-state index in [0.29, 0.717) is 17.7 Å². The van der Waals surface area contributed by atoms with Gasteiger partial charge in [0.15, 0.2) is 17.7 Å². The Hall–Kier alpha value is -1.85. The minimum Gasteiger partial charge on any atom is -0.387 e. The van der Waals surface area contributed by atoms with Crippen LogP contribution >= 0.6 is 0 Å². The van der Waals surface area contributed by atoms with Crippen LogP contribution in [-0.2, 0) is 4.74 Å². The van der Waals surface area contributed by atoms with Crippen LogP contribution in [0.3, 0.4) is 0 Å². The summed E-state index contributed by atoms with van der Waals surface area (Å²) in [6, 6.07) is 0. The molecule has 10 heteroatoms. The number of nitrogen functional groups attached to an aromatic ring is 1. The Morgan fingerprint density at radius 1 is 1.21 bits per heavy atom. The van der Waals surface area contributed by atoms with Crippen LogP contribution in [-0.4, -0.2) is 96.6 Å². The van der Waals surface area contributed by atoms with Crippen LogP contribution in [0.15, 0.2) is 12.7 Å². The molecule has 3 aliphatic rings. The molecule has 0 amide bonds. The van der Waals surface area contributed by atoms with Gasteiger partial charge in [-0.3, -0.25) is 14.4 Å². The quantitative estimate of drug-likeness (QED) is 0.618. The van der Waals surface area contributed by atoms with E-state index in [0.717, 1.165) is 26.1 Å². The van der Waals surface area contributed by atoms with E-state index in [1.165, 1.54) is 25.5 Å². The number of ether oxygens (including phenoxy) is 1. The molecule has 5 rings (SSSR count). The van der Waals surface area contributed by atoms with Gasteiger partial charge >= 0.3 is 0 Å². The molecule has 152 valence electrons. The fraction of sp³-hybridized carbons (Fsp3) is 0.722. The smallest absolute Gasteiger partial charge is 0.167 e. The van der Waals surface area contributed by atoms with Crippen molar-refractivity contribution in [3.8, 4) is 0 Å². The van der Waals surface area contributed by atoms with Gasteiger partial charge in [-0.25, -0.2) is 15.0 Å². The average molecular weight is 389 g/mol. The SMILES string of the molecule is CN1CCCC12CCN(C[C@H]1O[C@@H](n3cnc4c(N)ncnc43)[C@H](O)[C@@H]1O)C2. The first kappa shape index (κ1) is 18.2. The topological polar surface area (TPSA) is 126 Å². The van der Waals surface area contributed by atoms with Crippen LogP contribution in [0.2, 0.25) is 0 Å². The van der Waals surface area contributed by atoms with Crippen molar-refractivity contribution in [1.29, 1.82) is 0 Å². The second-order valence-corrected chi connectivity index (χ2v) is 8.36. The molecule has 1 unspecified atom stereocenters. The number of hydrogen-bond acceptors (Lipinski definition) is 9. The van der Waals surface area contributed by atoms with E-state index in [2.05, 4.69) is 31.8 Å². The zero-order valence-electron chi connectivity index (χ0n) is 16.0. The first-order valence-corrected chi connectivity index (χ1v) is 9.87. The molecule has 3 fully saturated rings. The molecule has 0 bridgehead atoms. The number of hydrogen-bond donors (Lipinski definition) is 3. The summed E-state index contributed by atoms with van der Waals surface area (Å²) in [5.41, 5.74) is 7.05. The third-order valence-corrected chi connectivity index (χ3v) is 6.79. The molecule has 0 radical (unpaired) electrons. The van der Waals surface area contributed by atoms with Gasteiger partial charge in [-0.05, 0) is 32.9 Å². The van der Waals surface area contributed by atoms with Crippen LogP contribution in [0.25, 0.3) is 11.2 Å². The number of anilines is 1. The number of likely N-dealkylation sites (tertiary alicyclic amines) is 2. The Morgan fingerprint density at radius 2 is 2.07 bits per heavy atom. The molecule has 3 aliphatic heterocycles. The maximum absolute atomic E-state index is 10.6. The molecular formula is C18H27N7O3. The molecular weight excluding hydrogens is 362 g/mol. The van der Waals surface area contributed by atoms with E-state index >= 15 is 0 Å². The zero-order chi connectivity index (χ0) is 19.5. The van der Waals surface area contributed by atoms with Crippen molar-refractivity contribution in [1.82, 2.24) is 29.3 Å². The van der Waals surface area contributed by atoms with Gasteiger partial charge in [0, 0.05) is 25.2 Å². The van der Waals surface area contributed by atoms with E-state index in [1.807, 2.05) is 0 Å². The third kappa shape index (κ3) is 2.71. The highest BCUT2D eigenvalue weighted by Gasteiger charge is 2.48. The molecule has 2 aromatic rings. The van der Waals surface area contributed by atoms with E-state index in [-0.39, 0.29) is 11.4 Å². The van der Waals surface area contributed by atoms with Crippen molar-refractivity contribution in [2.24, 2.45) is 0 Å². The Morgan fingerprint density at radius 3 is 2.86 bits per heavy atom. The lowest BCUT2D eigenvalue weighted by molar-refractivity contribution is -0.0432. The number of fused-ring (bicyclic) bond motifs is 1. The van der Waals surface area contributed by atoms with E-state index in [9.17, 15) is 10.2 Å². The van der Waals surface area contributed by atoms with Crippen LogP contribution < -0.4 is 5.73 Å². The van der Waals surface area contributed by atoms with Crippen molar-refractivity contribution in [2.45, 2.75) is 49.3 Å². The van der Waals surface area contributed by atoms with E-state index < -0.39 is 24.5 Å². The highest BCUT2D eigenvalue weighted by molar-refractivity contribution is 5.81. The molecule has 4 N–H and O–H groups in total. The third-order valence-electron chi connectivity index (χ3n) is 6.79. The summed E-state index contributed by atoms with van der Waals surface area (Å²) in [6.45, 7) is 3.70. The summed E-state index contributed by atoms with van der Waals surface area (Å²) in [6.07, 6.45) is 3.21. The van der Waals surface area contributed by atoms with E-state index in [4.69, 9.17) is 10.5 Å². The normalized spacial score (nSPS) is 37.0. The number of aliphatic hydroxyl groups is 2. The monoisotopic (exact) mass is 389 g/mol. The summed E-state index contributed by atoms with van der Waals surface area (Å²) in [5, 5.41) is 21.2. The summed E-state index contributed by atoms with van der Waals surface area (Å²) in [5.74, 6) is 0.274. The Labute approximate surface area is 162 Å². The van der Waals surface area contributed by atoms with Gasteiger partial charge in [-0.1, -0.05) is 0 Å². The predicted molar refractivity (Wildman–Crippen MR) is 101 cm³/mol. The minimum absolute atomic E-state index is 0.260. The molecule has 5 atom stereocenters. The summed E-state index contributed by atoms with van der Waals surface area (Å²) in [4.78, 5) is 17.2. The van der Waals surface area contributed by atoms with Crippen LogP contribution in [0.1, 0.15) is 25.5 Å². The lowest BCUT2D eigenvalue weighted by Gasteiger charge is -2.32. The van der Waals surface area contributed by atoms with Gasteiger partial charge in [-0.2, -0.15) is 0 Å². The van der Waals surface area contributed by atoms with Gasteiger partial charge in [0.25, 0.3) is 0 Å². The average Bonchev–Trinajstić information content (AvgIpc) is 3.42. The van der Waals surface area contributed by atoms with Crippen molar-refractivity contribution < 1.29 is 14.9 Å². The molecule has 28 heavy (non-hydrogen) atoms. The minimum atomic E-state index is -1.07. The second kappa shape index (κ2) is 6.60. The van der Waals surface area contributed by atoms with Gasteiger partial charge < -0.3 is 20.7 Å². The number of rotatable bonds is 3. The molecule has 3 saturated heterocycles. The fourth-order valence-corrected chi connectivity index (χ4v) is 5.11. The summed E-state index contributed by atoms with van der Waals surface area (Å²) < 4.78 is 7.71. The first-order chi connectivity index (χ1) is 13.5. The number of aliphatic hydroxyl groups excluding tert-OH is 2. The maximum atomic E-state index is 10.6. The molecule has 0 aromatic carbocycles. The number of imidazole rings is 1. The molecule has 0 saturated carbocycles. The summed E-state index contributed by atoms with van der Waals surface area (Å²) >= 11 is 0. The molecule has 0 aliphatic carbocycles. The fourth-order valence-electron chi connectivity index (χ4n) is 5.11. The van der Waals surface area contributed by atoms with Gasteiger partial charge in [0.1, 0.15) is 30.2 Å². The Bertz CT molecular complexity index is 876. The van der Waals surface area contributed by atoms with Crippen LogP contribution in [0.5, 0.6) is 0 Å². The van der Waals surface area contributed by atoms with Gasteiger partial charge in [0.05, 0.1) is 6.33 Å². The van der Waals surface area contributed by atoms with Crippen molar-refractivity contribution in [2.75, 3.05) is 39.0 Å². The standard InChI is InChI=1S/C18H27N7O3/c1-23-5-2-3-18(23)4-6-24(8-18)7-11-13(26)14(27)17(28-11)25-10-22-12-15(19)20-9-21-16(12)25/h9-11,13-14,17,26-27H,2-8H2,1H3,(H2,19,20,21)/t11-,13-,14-,17-,18?/m1/s1. The number of likely N-dealkylation sites (N-methyl/N-ethyl adjacent to an activating group) is 1. The lowest BCUT2D eigenvalue weighted by Crippen LogP contribution is -2.45. The lowest BCUT2D eigenvalue weighted by atomic mass is 9.96. The van der Waals surface area contributed by atoms with Crippen LogP contribution in [0, 0.1) is 0 Å². The van der Waals surface area contributed by atoms with E-state index in [1.54, 1.807) is 4.57 Å². The highest BCUT2D eigenvalue weighted by Crippen LogP contribution is 2.38. The van der Waals surface area contributed by atoms with Crippen molar-refractivity contribution in [3.05, 3.63) is 12.7 Å². The molecule has 2 aromatic heterocycles.